The highest BCUT2D eigenvalue weighted by molar-refractivity contribution is 7.92. The average Bonchev–Trinajstić information content (AvgIpc) is 3.01. The van der Waals surface area contributed by atoms with Crippen LogP contribution >= 0.6 is 0 Å². The van der Waals surface area contributed by atoms with Crippen molar-refractivity contribution in [3.8, 4) is 0 Å². The topological polar surface area (TPSA) is 86.8 Å². The van der Waals surface area contributed by atoms with Crippen LogP contribution in [-0.2, 0) is 32.6 Å². The van der Waals surface area contributed by atoms with Crippen LogP contribution in [0.4, 0.5) is 10.1 Å². The molecule has 1 atom stereocenters. The third-order valence-corrected chi connectivity index (χ3v) is 8.53. The number of nitrogens with one attached hydrogen (secondary N) is 1. The van der Waals surface area contributed by atoms with Gasteiger partial charge in [0.15, 0.2) is 0 Å². The molecule has 0 aliphatic rings. The number of carbonyl (C=O) groups excluding carboxylic acids is 2. The predicted molar refractivity (Wildman–Crippen MR) is 162 cm³/mol. The zero-order valence-corrected chi connectivity index (χ0v) is 24.2. The molecular weight excluding hydrogens is 553 g/mol. The normalized spacial score (nSPS) is 11.9. The van der Waals surface area contributed by atoms with Gasteiger partial charge in [-0.2, -0.15) is 0 Å². The molecule has 0 aliphatic carbocycles. The van der Waals surface area contributed by atoms with Crippen molar-refractivity contribution in [2.24, 2.45) is 0 Å². The number of para-hydroxylation sites is 1. The maximum Gasteiger partial charge on any atom is 0.264 e. The third-order valence-electron chi connectivity index (χ3n) is 6.74. The van der Waals surface area contributed by atoms with E-state index in [-0.39, 0.29) is 29.5 Å². The number of benzene rings is 4. The Hall–Kier alpha value is -4.50. The molecule has 0 spiro atoms. The molecule has 1 unspecified atom stereocenters. The first kappa shape index (κ1) is 30.5. The van der Waals surface area contributed by atoms with Crippen molar-refractivity contribution in [1.82, 2.24) is 10.2 Å². The zero-order chi connectivity index (χ0) is 30.0. The maximum atomic E-state index is 14.3. The summed E-state index contributed by atoms with van der Waals surface area (Å²) in [6, 6.07) is 30.5. The smallest absolute Gasteiger partial charge is 0.264 e. The first-order chi connectivity index (χ1) is 20.3. The van der Waals surface area contributed by atoms with Crippen LogP contribution in [0.5, 0.6) is 0 Å². The van der Waals surface area contributed by atoms with E-state index in [1.807, 2.05) is 67.6 Å². The van der Waals surface area contributed by atoms with Crippen molar-refractivity contribution in [2.75, 3.05) is 17.4 Å². The number of nitrogens with zero attached hydrogens (tertiary/aromatic N) is 2. The Labute approximate surface area is 246 Å². The van der Waals surface area contributed by atoms with Gasteiger partial charge in [-0.1, -0.05) is 85.8 Å². The number of anilines is 1. The fraction of sp³-hybridized carbons (Fsp3) is 0.212. The monoisotopic (exact) mass is 587 g/mol. The number of hydrogen-bond donors (Lipinski definition) is 1. The minimum Gasteiger partial charge on any atom is -0.354 e. The summed E-state index contributed by atoms with van der Waals surface area (Å²) < 4.78 is 42.4. The summed E-state index contributed by atoms with van der Waals surface area (Å²) in [5, 5.41) is 2.92. The fourth-order valence-corrected chi connectivity index (χ4v) is 5.97. The molecule has 42 heavy (non-hydrogen) atoms. The molecule has 4 aromatic carbocycles. The molecule has 1 N–H and O–H groups in total. The van der Waals surface area contributed by atoms with E-state index in [1.165, 1.54) is 17.0 Å². The molecule has 0 fully saturated rings. The maximum absolute atomic E-state index is 14.3. The van der Waals surface area contributed by atoms with Crippen molar-refractivity contribution in [3.63, 3.8) is 0 Å². The number of sulfonamides is 1. The van der Waals surface area contributed by atoms with Crippen molar-refractivity contribution < 1.29 is 22.4 Å². The second-order valence-electron chi connectivity index (χ2n) is 9.80. The van der Waals surface area contributed by atoms with Crippen molar-refractivity contribution >= 4 is 27.5 Å². The van der Waals surface area contributed by atoms with Gasteiger partial charge in [-0.3, -0.25) is 13.9 Å². The minimum atomic E-state index is -4.27. The lowest BCUT2D eigenvalue weighted by Gasteiger charge is -2.34. The Balaban J connectivity index is 1.76. The van der Waals surface area contributed by atoms with Gasteiger partial charge in [-0.25, -0.2) is 12.8 Å². The minimum absolute atomic E-state index is 0.0932. The first-order valence-corrected chi connectivity index (χ1v) is 15.2. The van der Waals surface area contributed by atoms with Crippen LogP contribution in [0.2, 0.25) is 0 Å². The summed E-state index contributed by atoms with van der Waals surface area (Å²) in [5.41, 5.74) is 1.92. The molecule has 0 saturated carbocycles. The Kier molecular flexibility index (Phi) is 10.4. The highest BCUT2D eigenvalue weighted by Gasteiger charge is 2.34. The van der Waals surface area contributed by atoms with Gasteiger partial charge in [0.25, 0.3) is 10.0 Å². The Morgan fingerprint density at radius 2 is 1.33 bits per heavy atom. The molecule has 0 aromatic heterocycles. The number of halogens is 1. The van der Waals surface area contributed by atoms with Crippen molar-refractivity contribution in [2.45, 2.75) is 37.2 Å². The van der Waals surface area contributed by atoms with Crippen LogP contribution < -0.4 is 9.62 Å². The number of rotatable bonds is 13. The summed E-state index contributed by atoms with van der Waals surface area (Å²) in [6.07, 6.45) is 0.957. The van der Waals surface area contributed by atoms with Crippen LogP contribution in [0, 0.1) is 5.82 Å². The van der Waals surface area contributed by atoms with E-state index in [1.54, 1.807) is 30.3 Å². The van der Waals surface area contributed by atoms with Crippen LogP contribution in [0.3, 0.4) is 0 Å². The molecule has 0 heterocycles. The van der Waals surface area contributed by atoms with Gasteiger partial charge in [-0.15, -0.1) is 0 Å². The number of amides is 2. The van der Waals surface area contributed by atoms with Crippen LogP contribution in [0.15, 0.2) is 120 Å². The molecule has 0 saturated heterocycles. The van der Waals surface area contributed by atoms with Gasteiger partial charge >= 0.3 is 0 Å². The van der Waals surface area contributed by atoms with Gasteiger partial charge in [0.2, 0.25) is 11.8 Å². The SMILES string of the molecule is CCCNC(=O)C(Cc1ccccc1)N(Cc1ccccc1)C(=O)CN(c1ccccc1)S(=O)(=O)c1ccc(F)cc1. The van der Waals surface area contributed by atoms with Crippen LogP contribution in [0.25, 0.3) is 0 Å². The lowest BCUT2D eigenvalue weighted by molar-refractivity contribution is -0.140. The van der Waals surface area contributed by atoms with Gasteiger partial charge in [0, 0.05) is 19.5 Å². The fourth-order valence-electron chi connectivity index (χ4n) is 4.56. The Morgan fingerprint density at radius 3 is 1.90 bits per heavy atom. The predicted octanol–water partition coefficient (Wildman–Crippen LogP) is 5.19. The summed E-state index contributed by atoms with van der Waals surface area (Å²) in [4.78, 5) is 29.1. The van der Waals surface area contributed by atoms with E-state index >= 15 is 0 Å². The van der Waals surface area contributed by atoms with Gasteiger partial charge < -0.3 is 10.2 Å². The third kappa shape index (κ3) is 7.82. The lowest BCUT2D eigenvalue weighted by atomic mass is 10.0. The molecule has 7 nitrogen and oxygen atoms in total. The summed E-state index contributed by atoms with van der Waals surface area (Å²) in [7, 11) is -4.27. The van der Waals surface area contributed by atoms with Gasteiger partial charge in [-0.05, 0) is 53.9 Å². The van der Waals surface area contributed by atoms with Crippen molar-refractivity contribution in [1.29, 1.82) is 0 Å². The molecule has 0 aliphatic heterocycles. The molecule has 218 valence electrons. The van der Waals surface area contributed by atoms with Crippen LogP contribution in [0.1, 0.15) is 24.5 Å². The molecule has 9 heteroatoms. The summed E-state index contributed by atoms with van der Waals surface area (Å²) >= 11 is 0. The van der Waals surface area contributed by atoms with E-state index in [2.05, 4.69) is 5.32 Å². The van der Waals surface area contributed by atoms with E-state index in [0.29, 0.717) is 13.0 Å². The highest BCUT2D eigenvalue weighted by Crippen LogP contribution is 2.25. The van der Waals surface area contributed by atoms with E-state index in [9.17, 15) is 22.4 Å². The summed E-state index contributed by atoms with van der Waals surface area (Å²) in [5.74, 6) is -1.45. The largest absolute Gasteiger partial charge is 0.354 e. The summed E-state index contributed by atoms with van der Waals surface area (Å²) in [6.45, 7) is 1.91. The molecule has 4 rings (SSSR count). The molecule has 4 aromatic rings. The second kappa shape index (κ2) is 14.4. The van der Waals surface area contributed by atoms with E-state index in [0.717, 1.165) is 27.6 Å². The number of carbonyl (C=O) groups is 2. The van der Waals surface area contributed by atoms with Gasteiger partial charge in [0.1, 0.15) is 18.4 Å². The van der Waals surface area contributed by atoms with E-state index < -0.39 is 34.3 Å². The Morgan fingerprint density at radius 1 is 0.786 bits per heavy atom. The van der Waals surface area contributed by atoms with Crippen molar-refractivity contribution in [3.05, 3.63) is 132 Å². The van der Waals surface area contributed by atoms with Crippen LogP contribution in [-0.4, -0.2) is 44.3 Å². The Bertz CT molecular complexity index is 1550. The lowest BCUT2D eigenvalue weighted by Crippen LogP contribution is -2.53. The zero-order valence-electron chi connectivity index (χ0n) is 23.4. The van der Waals surface area contributed by atoms with Gasteiger partial charge in [0.05, 0.1) is 10.6 Å². The molecule has 2 amide bonds. The molecule has 0 radical (unpaired) electrons. The highest BCUT2D eigenvalue weighted by atomic mass is 32.2. The quantitative estimate of drug-likeness (QED) is 0.233. The molecular formula is C33H34FN3O4S. The second-order valence-corrected chi connectivity index (χ2v) is 11.7. The standard InChI is InChI=1S/C33H34FN3O4S/c1-2-22-35-33(39)31(23-26-12-6-3-7-13-26)36(24-27-14-8-4-9-15-27)32(38)25-37(29-16-10-5-11-17-29)42(40,41)30-20-18-28(34)19-21-30/h3-21,31H,2,22-25H2,1H3,(H,35,39). The number of hydrogen-bond acceptors (Lipinski definition) is 4. The van der Waals surface area contributed by atoms with E-state index in [4.69, 9.17) is 0 Å². The first-order valence-electron chi connectivity index (χ1n) is 13.8. The average molecular weight is 588 g/mol. The molecule has 0 bridgehead atoms.